The number of halogens is 1. The van der Waals surface area contributed by atoms with Crippen LogP contribution in [0.1, 0.15) is 17.4 Å². The van der Waals surface area contributed by atoms with E-state index in [4.69, 9.17) is 10.3 Å². The van der Waals surface area contributed by atoms with E-state index in [0.29, 0.717) is 11.3 Å². The van der Waals surface area contributed by atoms with Crippen LogP contribution in [0.2, 0.25) is 0 Å². The topological polar surface area (TPSA) is 51.2 Å². The number of hydrogen-bond donors (Lipinski definition) is 2. The molecule has 3 aromatic rings. The number of nitrogens with one attached hydrogen (secondary N) is 1. The third-order valence-electron chi connectivity index (χ3n) is 3.06. The minimum absolute atomic E-state index is 0.120. The Hall–Kier alpha value is -1.69. The van der Waals surface area contributed by atoms with E-state index in [1.165, 1.54) is 17.7 Å². The maximum Gasteiger partial charge on any atom is 0.134 e. The zero-order valence-corrected chi connectivity index (χ0v) is 10.9. The molecule has 0 bridgehead atoms. The third kappa shape index (κ3) is 2.53. The highest BCUT2D eigenvalue weighted by Gasteiger charge is 2.16. The average molecular weight is 276 g/mol. The van der Waals surface area contributed by atoms with Gasteiger partial charge in [-0.3, -0.25) is 5.84 Å². The van der Waals surface area contributed by atoms with Crippen LogP contribution in [-0.2, 0) is 6.42 Å². The first-order valence-electron chi connectivity index (χ1n) is 5.92. The van der Waals surface area contributed by atoms with Gasteiger partial charge in [-0.05, 0) is 53.1 Å². The molecule has 0 saturated carbocycles. The van der Waals surface area contributed by atoms with E-state index in [2.05, 4.69) is 16.9 Å². The number of hydrazine groups is 1. The van der Waals surface area contributed by atoms with Crippen molar-refractivity contribution in [2.24, 2.45) is 5.84 Å². The molecule has 3 rings (SSSR count). The smallest absolute Gasteiger partial charge is 0.134 e. The summed E-state index contributed by atoms with van der Waals surface area (Å²) in [6, 6.07) is 8.24. The lowest BCUT2D eigenvalue weighted by Gasteiger charge is -2.11. The third-order valence-corrected chi connectivity index (χ3v) is 3.79. The first-order valence-corrected chi connectivity index (χ1v) is 6.87. The molecule has 2 aromatic heterocycles. The van der Waals surface area contributed by atoms with Crippen molar-refractivity contribution in [2.75, 3.05) is 0 Å². The van der Waals surface area contributed by atoms with Crippen LogP contribution in [0.15, 0.2) is 45.5 Å². The largest absolute Gasteiger partial charge is 0.459 e. The maximum absolute atomic E-state index is 13.2. The molecule has 0 amide bonds. The summed E-state index contributed by atoms with van der Waals surface area (Å²) in [6.07, 6.45) is 0.738. The van der Waals surface area contributed by atoms with Crippen LogP contribution in [0.4, 0.5) is 4.39 Å². The van der Waals surface area contributed by atoms with Gasteiger partial charge in [-0.1, -0.05) is 0 Å². The van der Waals surface area contributed by atoms with E-state index in [9.17, 15) is 4.39 Å². The number of benzene rings is 1. The summed E-state index contributed by atoms with van der Waals surface area (Å²) >= 11 is 1.65. The quantitative estimate of drug-likeness (QED) is 0.567. The summed E-state index contributed by atoms with van der Waals surface area (Å²) in [6.45, 7) is 0. The Morgan fingerprint density at radius 3 is 2.95 bits per heavy atom. The lowest BCUT2D eigenvalue weighted by Crippen LogP contribution is -2.29. The van der Waals surface area contributed by atoms with Crippen LogP contribution in [0.5, 0.6) is 0 Å². The Bertz CT molecular complexity index is 678. The molecule has 0 fully saturated rings. The van der Waals surface area contributed by atoms with Crippen molar-refractivity contribution in [2.45, 2.75) is 12.5 Å². The highest BCUT2D eigenvalue weighted by Crippen LogP contribution is 2.26. The van der Waals surface area contributed by atoms with Crippen molar-refractivity contribution in [3.8, 4) is 0 Å². The molecule has 0 spiro atoms. The Kier molecular flexibility index (Phi) is 3.33. The number of furan rings is 1. The number of fused-ring (bicyclic) bond motifs is 1. The van der Waals surface area contributed by atoms with Gasteiger partial charge in [0.2, 0.25) is 0 Å². The van der Waals surface area contributed by atoms with Gasteiger partial charge in [0.05, 0.1) is 6.04 Å². The SMILES string of the molecule is NNC(Cc1ccsc1)c1cc2cc(F)ccc2o1. The van der Waals surface area contributed by atoms with Gasteiger partial charge < -0.3 is 4.42 Å². The molecule has 0 radical (unpaired) electrons. The van der Waals surface area contributed by atoms with Gasteiger partial charge in [-0.15, -0.1) is 0 Å². The predicted octanol–water partition coefficient (Wildman–Crippen LogP) is 3.38. The molecule has 5 heteroatoms. The fourth-order valence-electron chi connectivity index (χ4n) is 2.09. The van der Waals surface area contributed by atoms with Crippen LogP contribution in [0.25, 0.3) is 11.0 Å². The van der Waals surface area contributed by atoms with E-state index in [-0.39, 0.29) is 11.9 Å². The zero-order valence-electron chi connectivity index (χ0n) is 10.1. The standard InChI is InChI=1S/C14H13FN2OS/c15-11-1-2-13-10(6-11)7-14(18-13)12(17-16)5-9-3-4-19-8-9/h1-4,6-8,12,17H,5,16H2. The molecule has 2 heterocycles. The molecule has 3 nitrogen and oxygen atoms in total. The number of nitrogens with two attached hydrogens (primary N) is 1. The Labute approximate surface area is 113 Å². The lowest BCUT2D eigenvalue weighted by molar-refractivity contribution is 0.435. The monoisotopic (exact) mass is 276 g/mol. The van der Waals surface area contributed by atoms with Crippen LogP contribution >= 0.6 is 11.3 Å². The molecule has 98 valence electrons. The molecule has 1 aromatic carbocycles. The van der Waals surface area contributed by atoms with Crippen molar-refractivity contribution >= 4 is 22.3 Å². The maximum atomic E-state index is 13.2. The van der Waals surface area contributed by atoms with E-state index in [1.54, 1.807) is 17.4 Å². The highest BCUT2D eigenvalue weighted by atomic mass is 32.1. The van der Waals surface area contributed by atoms with Gasteiger partial charge in [0, 0.05) is 5.39 Å². The number of hydrogen-bond acceptors (Lipinski definition) is 4. The molecule has 1 unspecified atom stereocenters. The molecule has 0 aliphatic rings. The summed E-state index contributed by atoms with van der Waals surface area (Å²) in [7, 11) is 0. The van der Waals surface area contributed by atoms with E-state index >= 15 is 0 Å². The molecular weight excluding hydrogens is 263 g/mol. The Morgan fingerprint density at radius 1 is 1.32 bits per heavy atom. The highest BCUT2D eigenvalue weighted by molar-refractivity contribution is 7.07. The van der Waals surface area contributed by atoms with Gasteiger partial charge in [0.15, 0.2) is 0 Å². The van der Waals surface area contributed by atoms with E-state index in [1.807, 2.05) is 11.4 Å². The number of rotatable bonds is 4. The Balaban J connectivity index is 1.92. The second-order valence-electron chi connectivity index (χ2n) is 4.39. The van der Waals surface area contributed by atoms with Crippen molar-refractivity contribution < 1.29 is 8.81 Å². The first-order chi connectivity index (χ1) is 9.26. The fourth-order valence-corrected chi connectivity index (χ4v) is 2.77. The summed E-state index contributed by atoms with van der Waals surface area (Å²) < 4.78 is 18.9. The van der Waals surface area contributed by atoms with Crippen molar-refractivity contribution in [3.05, 3.63) is 58.2 Å². The minimum Gasteiger partial charge on any atom is -0.459 e. The van der Waals surface area contributed by atoms with Gasteiger partial charge in [0.25, 0.3) is 0 Å². The Morgan fingerprint density at radius 2 is 2.21 bits per heavy atom. The molecule has 19 heavy (non-hydrogen) atoms. The van der Waals surface area contributed by atoms with Gasteiger partial charge >= 0.3 is 0 Å². The van der Waals surface area contributed by atoms with Crippen molar-refractivity contribution in [3.63, 3.8) is 0 Å². The first kappa shape index (κ1) is 12.3. The van der Waals surface area contributed by atoms with Crippen LogP contribution < -0.4 is 11.3 Å². The second-order valence-corrected chi connectivity index (χ2v) is 5.17. The van der Waals surface area contributed by atoms with Crippen LogP contribution in [0, 0.1) is 5.82 Å². The van der Waals surface area contributed by atoms with Gasteiger partial charge in [-0.2, -0.15) is 11.3 Å². The molecular formula is C14H13FN2OS. The fraction of sp³-hybridized carbons (Fsp3) is 0.143. The van der Waals surface area contributed by atoms with Crippen molar-refractivity contribution in [1.29, 1.82) is 0 Å². The summed E-state index contributed by atoms with van der Waals surface area (Å²) in [5.74, 6) is 6.04. The number of thiophene rings is 1. The van der Waals surface area contributed by atoms with Crippen LogP contribution in [-0.4, -0.2) is 0 Å². The minimum atomic E-state index is -0.269. The molecule has 3 N–H and O–H groups in total. The molecule has 1 atom stereocenters. The van der Waals surface area contributed by atoms with Gasteiger partial charge in [0.1, 0.15) is 17.2 Å². The summed E-state index contributed by atoms with van der Waals surface area (Å²) in [5.41, 5.74) is 4.61. The predicted molar refractivity (Wildman–Crippen MR) is 74.3 cm³/mol. The molecule has 0 saturated heterocycles. The average Bonchev–Trinajstić information content (AvgIpc) is 3.03. The van der Waals surface area contributed by atoms with Gasteiger partial charge in [-0.25, -0.2) is 9.82 Å². The lowest BCUT2D eigenvalue weighted by atomic mass is 10.1. The van der Waals surface area contributed by atoms with E-state index < -0.39 is 0 Å². The zero-order chi connectivity index (χ0) is 13.2. The molecule has 0 aliphatic heterocycles. The van der Waals surface area contributed by atoms with Crippen LogP contribution in [0.3, 0.4) is 0 Å². The van der Waals surface area contributed by atoms with E-state index in [0.717, 1.165) is 11.8 Å². The summed E-state index contributed by atoms with van der Waals surface area (Å²) in [5, 5.41) is 4.85. The normalized spacial score (nSPS) is 12.9. The van der Waals surface area contributed by atoms with Crippen molar-refractivity contribution in [1.82, 2.24) is 5.43 Å². The second kappa shape index (κ2) is 5.13. The summed E-state index contributed by atoms with van der Waals surface area (Å²) in [4.78, 5) is 0. The molecule has 0 aliphatic carbocycles.